The predicted octanol–water partition coefficient (Wildman–Crippen LogP) is 5.30. The molecule has 0 aliphatic rings. The van der Waals surface area contributed by atoms with Crippen molar-refractivity contribution in [1.29, 1.82) is 0 Å². The number of oxazole rings is 1. The third kappa shape index (κ3) is 2.60. The lowest BCUT2D eigenvalue weighted by atomic mass is 10.2. The van der Waals surface area contributed by atoms with E-state index in [1.54, 1.807) is 6.07 Å². The largest absolute Gasteiger partial charge is 0.423 e. The molecule has 3 nitrogen and oxygen atoms in total. The van der Waals surface area contributed by atoms with Crippen molar-refractivity contribution >= 4 is 50.3 Å². The Morgan fingerprint density at radius 2 is 1.95 bits per heavy atom. The molecule has 0 saturated carbocycles. The smallest absolute Gasteiger partial charge is 0.300 e. The number of aromatic nitrogens is 1. The van der Waals surface area contributed by atoms with E-state index in [1.165, 1.54) is 0 Å². The first kappa shape index (κ1) is 12.5. The van der Waals surface area contributed by atoms with Gasteiger partial charge in [-0.3, -0.25) is 0 Å². The molecule has 0 aliphatic carbocycles. The van der Waals surface area contributed by atoms with Crippen molar-refractivity contribution in [3.63, 3.8) is 0 Å². The third-order valence-electron chi connectivity index (χ3n) is 2.74. The van der Waals surface area contributed by atoms with Crippen molar-refractivity contribution in [3.05, 3.63) is 51.5 Å². The third-order valence-corrected chi connectivity index (χ3v) is 3.48. The number of halogens is 2. The summed E-state index contributed by atoms with van der Waals surface area (Å²) in [6.07, 6.45) is 0. The van der Waals surface area contributed by atoms with Crippen LogP contribution < -0.4 is 5.32 Å². The van der Waals surface area contributed by atoms with Gasteiger partial charge in [0.1, 0.15) is 5.52 Å². The van der Waals surface area contributed by atoms with Gasteiger partial charge in [-0.25, -0.2) is 0 Å². The Balaban J connectivity index is 1.97. The molecule has 3 aromatic rings. The van der Waals surface area contributed by atoms with Crippen molar-refractivity contribution in [2.24, 2.45) is 0 Å². The molecule has 1 aromatic heterocycles. The van der Waals surface area contributed by atoms with Crippen LogP contribution in [-0.4, -0.2) is 4.98 Å². The Kier molecular flexibility index (Phi) is 3.21. The molecule has 0 spiro atoms. The predicted molar refractivity (Wildman–Crippen MR) is 81.2 cm³/mol. The van der Waals surface area contributed by atoms with Gasteiger partial charge in [-0.1, -0.05) is 27.5 Å². The van der Waals surface area contributed by atoms with Gasteiger partial charge in [-0.15, -0.1) is 0 Å². The van der Waals surface area contributed by atoms with E-state index in [0.29, 0.717) is 11.0 Å². The van der Waals surface area contributed by atoms with Gasteiger partial charge in [0.25, 0.3) is 6.01 Å². The van der Waals surface area contributed by atoms with E-state index >= 15 is 0 Å². The molecule has 0 aliphatic heterocycles. The lowest BCUT2D eigenvalue weighted by molar-refractivity contribution is 0.620. The summed E-state index contributed by atoms with van der Waals surface area (Å²) in [7, 11) is 0. The first-order valence-electron chi connectivity index (χ1n) is 5.71. The van der Waals surface area contributed by atoms with Gasteiger partial charge in [0, 0.05) is 15.2 Å². The molecular formula is C14H10BrClN2O. The van der Waals surface area contributed by atoms with Crippen LogP contribution in [0.3, 0.4) is 0 Å². The highest BCUT2D eigenvalue weighted by atomic mass is 79.9. The first-order valence-corrected chi connectivity index (χ1v) is 6.88. The molecule has 0 radical (unpaired) electrons. The second kappa shape index (κ2) is 4.87. The standard InChI is InChI=1S/C14H10BrClN2O/c1-8-6-10(16)7-12-13(8)19-14(18-12)17-11-4-2-9(15)3-5-11/h2-7H,1H3,(H,17,18). The zero-order valence-corrected chi connectivity index (χ0v) is 12.4. The van der Waals surface area contributed by atoms with E-state index in [2.05, 4.69) is 26.2 Å². The molecular weight excluding hydrogens is 328 g/mol. The number of aryl methyl sites for hydroxylation is 1. The number of fused-ring (bicyclic) bond motifs is 1. The number of rotatable bonds is 2. The minimum Gasteiger partial charge on any atom is -0.423 e. The molecule has 96 valence electrons. The van der Waals surface area contributed by atoms with Crippen LogP contribution >= 0.6 is 27.5 Å². The summed E-state index contributed by atoms with van der Waals surface area (Å²) in [6, 6.07) is 11.9. The van der Waals surface area contributed by atoms with Crippen molar-refractivity contribution in [2.75, 3.05) is 5.32 Å². The van der Waals surface area contributed by atoms with Crippen molar-refractivity contribution in [2.45, 2.75) is 6.92 Å². The molecule has 3 rings (SSSR count). The fourth-order valence-electron chi connectivity index (χ4n) is 1.87. The number of benzene rings is 2. The van der Waals surface area contributed by atoms with E-state index in [-0.39, 0.29) is 0 Å². The Labute approximate surface area is 123 Å². The molecule has 19 heavy (non-hydrogen) atoms. The topological polar surface area (TPSA) is 38.1 Å². The van der Waals surface area contributed by atoms with Crippen LogP contribution in [0.5, 0.6) is 0 Å². The van der Waals surface area contributed by atoms with E-state index in [1.807, 2.05) is 37.3 Å². The zero-order chi connectivity index (χ0) is 13.4. The number of nitrogens with one attached hydrogen (secondary N) is 1. The molecule has 0 fully saturated rings. The summed E-state index contributed by atoms with van der Waals surface area (Å²) < 4.78 is 6.72. The van der Waals surface area contributed by atoms with E-state index < -0.39 is 0 Å². The van der Waals surface area contributed by atoms with Crippen LogP contribution in [0.2, 0.25) is 5.02 Å². The minimum atomic E-state index is 0.461. The van der Waals surface area contributed by atoms with Crippen LogP contribution in [0.4, 0.5) is 11.7 Å². The molecule has 5 heteroatoms. The van der Waals surface area contributed by atoms with Gasteiger partial charge >= 0.3 is 0 Å². The SMILES string of the molecule is Cc1cc(Cl)cc2nc(Nc3ccc(Br)cc3)oc12. The quantitative estimate of drug-likeness (QED) is 0.690. The van der Waals surface area contributed by atoms with Gasteiger partial charge in [0.15, 0.2) is 5.58 Å². The average molecular weight is 338 g/mol. The second-order valence-electron chi connectivity index (χ2n) is 4.22. The highest BCUT2D eigenvalue weighted by molar-refractivity contribution is 9.10. The van der Waals surface area contributed by atoms with E-state index in [4.69, 9.17) is 16.0 Å². The van der Waals surface area contributed by atoms with Crippen LogP contribution in [0, 0.1) is 6.92 Å². The molecule has 1 N–H and O–H groups in total. The van der Waals surface area contributed by atoms with Crippen LogP contribution in [0.15, 0.2) is 45.3 Å². The highest BCUT2D eigenvalue weighted by Gasteiger charge is 2.09. The minimum absolute atomic E-state index is 0.461. The normalized spacial score (nSPS) is 10.9. The van der Waals surface area contributed by atoms with Crippen molar-refractivity contribution in [3.8, 4) is 0 Å². The summed E-state index contributed by atoms with van der Waals surface area (Å²) in [6.45, 7) is 1.95. The van der Waals surface area contributed by atoms with Gasteiger partial charge in [-0.2, -0.15) is 4.98 Å². The van der Waals surface area contributed by atoms with Crippen molar-refractivity contribution in [1.82, 2.24) is 4.98 Å². The number of anilines is 2. The number of hydrogen-bond donors (Lipinski definition) is 1. The monoisotopic (exact) mass is 336 g/mol. The van der Waals surface area contributed by atoms with Gasteiger partial charge in [0.05, 0.1) is 0 Å². The summed E-state index contributed by atoms with van der Waals surface area (Å²) in [5.74, 6) is 0. The molecule has 0 atom stereocenters. The van der Waals surface area contributed by atoms with Crippen LogP contribution in [0.1, 0.15) is 5.56 Å². The number of nitrogens with zero attached hydrogens (tertiary/aromatic N) is 1. The Bertz CT molecular complexity index is 737. The Hall–Kier alpha value is -1.52. The van der Waals surface area contributed by atoms with Gasteiger partial charge in [-0.05, 0) is 48.9 Å². The summed E-state index contributed by atoms with van der Waals surface area (Å²) in [5.41, 5.74) is 3.39. The van der Waals surface area contributed by atoms with Gasteiger partial charge in [0.2, 0.25) is 0 Å². The lowest BCUT2D eigenvalue weighted by Gasteiger charge is -2.00. The van der Waals surface area contributed by atoms with E-state index in [9.17, 15) is 0 Å². The van der Waals surface area contributed by atoms with Gasteiger partial charge < -0.3 is 9.73 Å². The maximum Gasteiger partial charge on any atom is 0.300 e. The van der Waals surface area contributed by atoms with Crippen LogP contribution in [0.25, 0.3) is 11.1 Å². The molecule has 0 unspecified atom stereocenters. The van der Waals surface area contributed by atoms with Crippen LogP contribution in [-0.2, 0) is 0 Å². The van der Waals surface area contributed by atoms with E-state index in [0.717, 1.165) is 26.8 Å². The second-order valence-corrected chi connectivity index (χ2v) is 5.57. The Morgan fingerprint density at radius 1 is 1.21 bits per heavy atom. The maximum absolute atomic E-state index is 6.00. The Morgan fingerprint density at radius 3 is 2.68 bits per heavy atom. The summed E-state index contributed by atoms with van der Waals surface area (Å²) in [4.78, 5) is 4.38. The molecule has 0 saturated heterocycles. The fourth-order valence-corrected chi connectivity index (χ4v) is 2.40. The molecule has 1 heterocycles. The average Bonchev–Trinajstić information content (AvgIpc) is 2.75. The molecule has 2 aromatic carbocycles. The molecule has 0 bridgehead atoms. The zero-order valence-electron chi connectivity index (χ0n) is 10.1. The summed E-state index contributed by atoms with van der Waals surface area (Å²) in [5, 5.41) is 3.79. The lowest BCUT2D eigenvalue weighted by Crippen LogP contribution is -1.89. The maximum atomic E-state index is 6.00. The fraction of sp³-hybridized carbons (Fsp3) is 0.0714. The first-order chi connectivity index (χ1) is 9.11. The number of hydrogen-bond acceptors (Lipinski definition) is 3. The highest BCUT2D eigenvalue weighted by Crippen LogP contribution is 2.27. The van der Waals surface area contributed by atoms with Crippen molar-refractivity contribution < 1.29 is 4.42 Å². The summed E-state index contributed by atoms with van der Waals surface area (Å²) >= 11 is 9.40. The molecule has 0 amide bonds.